The van der Waals surface area contributed by atoms with Crippen LogP contribution in [0, 0.1) is 6.92 Å². The fourth-order valence-electron chi connectivity index (χ4n) is 3.87. The van der Waals surface area contributed by atoms with Crippen LogP contribution in [0.3, 0.4) is 0 Å². The monoisotopic (exact) mass is 404 g/mol. The van der Waals surface area contributed by atoms with E-state index in [0.29, 0.717) is 41.4 Å². The molecule has 3 aromatic heterocycles. The van der Waals surface area contributed by atoms with Gasteiger partial charge in [0.05, 0.1) is 0 Å². The van der Waals surface area contributed by atoms with Crippen LogP contribution in [-0.2, 0) is 0 Å². The van der Waals surface area contributed by atoms with Crippen molar-refractivity contribution in [3.05, 3.63) is 70.0 Å². The molecule has 1 amide bonds. The summed E-state index contributed by atoms with van der Waals surface area (Å²) in [6.07, 6.45) is 3.48. The molecule has 9 nitrogen and oxygen atoms in total. The molecule has 1 fully saturated rings. The van der Waals surface area contributed by atoms with Crippen molar-refractivity contribution in [3.63, 3.8) is 0 Å². The Morgan fingerprint density at radius 1 is 1.27 bits per heavy atom. The normalized spacial score (nSPS) is 16.8. The minimum absolute atomic E-state index is 0.00779. The van der Waals surface area contributed by atoms with Crippen molar-refractivity contribution in [1.29, 1.82) is 0 Å². The maximum atomic E-state index is 12.8. The lowest BCUT2D eigenvalue weighted by Gasteiger charge is -2.31. The lowest BCUT2D eigenvalue weighted by molar-refractivity contribution is 0.0703. The molecule has 1 saturated heterocycles. The molecule has 0 radical (unpaired) electrons. The van der Waals surface area contributed by atoms with Gasteiger partial charge in [0, 0.05) is 42.5 Å². The molecule has 1 aromatic carbocycles. The fourth-order valence-corrected chi connectivity index (χ4v) is 3.87. The van der Waals surface area contributed by atoms with Gasteiger partial charge < -0.3 is 14.4 Å². The lowest BCUT2D eigenvalue weighted by Crippen LogP contribution is -2.39. The van der Waals surface area contributed by atoms with Gasteiger partial charge in [-0.05, 0) is 31.9 Å². The molecule has 0 unspecified atom stereocenters. The summed E-state index contributed by atoms with van der Waals surface area (Å²) in [5.74, 6) is 0.820. The molecule has 1 aliphatic rings. The molecule has 4 heterocycles. The van der Waals surface area contributed by atoms with Crippen molar-refractivity contribution in [1.82, 2.24) is 29.6 Å². The molecule has 30 heavy (non-hydrogen) atoms. The molecule has 0 saturated carbocycles. The van der Waals surface area contributed by atoms with Crippen molar-refractivity contribution in [2.45, 2.75) is 25.7 Å². The number of hydrogen-bond acceptors (Lipinski definition) is 6. The topological polar surface area (TPSA) is 109 Å². The minimum Gasteiger partial charge on any atom is -0.338 e. The Hall–Kier alpha value is -3.75. The zero-order valence-electron chi connectivity index (χ0n) is 16.4. The van der Waals surface area contributed by atoms with Crippen LogP contribution in [0.4, 0.5) is 0 Å². The predicted molar refractivity (Wildman–Crippen MR) is 108 cm³/mol. The second-order valence-corrected chi connectivity index (χ2v) is 7.54. The van der Waals surface area contributed by atoms with Crippen LogP contribution >= 0.6 is 0 Å². The Bertz CT molecular complexity index is 1270. The van der Waals surface area contributed by atoms with Gasteiger partial charge in [-0.3, -0.25) is 9.59 Å². The highest BCUT2D eigenvalue weighted by molar-refractivity contribution is 5.94. The number of carbonyl (C=O) groups is 1. The lowest BCUT2D eigenvalue weighted by atomic mass is 9.96. The van der Waals surface area contributed by atoms with Gasteiger partial charge in [-0.1, -0.05) is 23.4 Å². The molecule has 5 rings (SSSR count). The number of aromatic amines is 1. The van der Waals surface area contributed by atoms with Crippen LogP contribution in [0.2, 0.25) is 0 Å². The number of amides is 1. The van der Waals surface area contributed by atoms with Gasteiger partial charge in [0.15, 0.2) is 11.5 Å². The van der Waals surface area contributed by atoms with Crippen LogP contribution in [0.25, 0.3) is 17.1 Å². The summed E-state index contributed by atoms with van der Waals surface area (Å²) in [5, 5.41) is 8.52. The number of fused-ring (bicyclic) bond motifs is 1. The number of nitrogens with one attached hydrogen (secondary N) is 1. The number of H-pyrrole nitrogens is 1. The molecular weight excluding hydrogens is 384 g/mol. The van der Waals surface area contributed by atoms with Gasteiger partial charge in [-0.15, -0.1) is 0 Å². The molecule has 0 bridgehead atoms. The minimum atomic E-state index is -0.226. The molecule has 1 aliphatic heterocycles. The highest BCUT2D eigenvalue weighted by atomic mass is 16.5. The van der Waals surface area contributed by atoms with E-state index in [2.05, 4.69) is 20.2 Å². The van der Waals surface area contributed by atoms with Gasteiger partial charge in [0.25, 0.3) is 17.4 Å². The number of benzene rings is 1. The van der Waals surface area contributed by atoms with Crippen molar-refractivity contribution < 1.29 is 9.32 Å². The van der Waals surface area contributed by atoms with Gasteiger partial charge in [-0.2, -0.15) is 10.1 Å². The van der Waals surface area contributed by atoms with Crippen LogP contribution < -0.4 is 5.56 Å². The Labute approximate surface area is 171 Å². The van der Waals surface area contributed by atoms with Gasteiger partial charge >= 0.3 is 0 Å². The second kappa shape index (κ2) is 7.25. The molecule has 0 spiro atoms. The third-order valence-electron chi connectivity index (χ3n) is 5.35. The highest BCUT2D eigenvalue weighted by Gasteiger charge is 2.29. The van der Waals surface area contributed by atoms with Gasteiger partial charge in [0.2, 0.25) is 0 Å². The summed E-state index contributed by atoms with van der Waals surface area (Å²) >= 11 is 0. The number of carbonyl (C=O) groups excluding carboxylic acids is 1. The first-order chi connectivity index (χ1) is 14.6. The van der Waals surface area contributed by atoms with E-state index in [9.17, 15) is 9.59 Å². The number of rotatable bonds is 3. The number of nitrogens with zero attached hydrogens (tertiary/aromatic N) is 5. The van der Waals surface area contributed by atoms with E-state index in [1.165, 1.54) is 4.52 Å². The first-order valence-corrected chi connectivity index (χ1v) is 9.86. The summed E-state index contributed by atoms with van der Waals surface area (Å²) in [4.78, 5) is 34.0. The highest BCUT2D eigenvalue weighted by Crippen LogP contribution is 2.27. The van der Waals surface area contributed by atoms with Crippen molar-refractivity contribution in [3.8, 4) is 11.6 Å². The molecule has 1 N–H and O–H groups in total. The van der Waals surface area contributed by atoms with Gasteiger partial charge in [0.1, 0.15) is 5.52 Å². The van der Waals surface area contributed by atoms with Crippen molar-refractivity contribution >= 4 is 11.4 Å². The van der Waals surface area contributed by atoms with E-state index >= 15 is 0 Å². The molecular formula is C21H20N6O3. The Morgan fingerprint density at radius 3 is 2.93 bits per heavy atom. The zero-order valence-corrected chi connectivity index (χ0v) is 16.4. The molecule has 4 aromatic rings. The summed E-state index contributed by atoms with van der Waals surface area (Å²) in [5.41, 5.74) is 2.01. The predicted octanol–water partition coefficient (Wildman–Crippen LogP) is 2.40. The summed E-state index contributed by atoms with van der Waals surface area (Å²) < 4.78 is 6.94. The maximum Gasteiger partial charge on any atom is 0.278 e. The third kappa shape index (κ3) is 3.28. The van der Waals surface area contributed by atoms with Crippen molar-refractivity contribution in [2.24, 2.45) is 0 Å². The van der Waals surface area contributed by atoms with E-state index in [1.54, 1.807) is 19.2 Å². The largest absolute Gasteiger partial charge is 0.338 e. The van der Waals surface area contributed by atoms with Crippen molar-refractivity contribution in [2.75, 3.05) is 13.1 Å². The average molecular weight is 404 g/mol. The smallest absolute Gasteiger partial charge is 0.278 e. The average Bonchev–Trinajstić information content (AvgIpc) is 3.41. The van der Waals surface area contributed by atoms with Crippen LogP contribution in [0.15, 0.2) is 51.9 Å². The number of aromatic nitrogens is 5. The molecule has 0 aliphatic carbocycles. The fraction of sp³-hybridized carbons (Fsp3) is 0.286. The van der Waals surface area contributed by atoms with Crippen LogP contribution in [-0.4, -0.2) is 48.6 Å². The standard InChI is InChI=1S/C21H20N6O3/c1-13-11-27-17(19(28)22-13)10-16(24-27)20-23-18(25-30-20)15-8-5-9-26(12-15)21(29)14-6-3-2-4-7-14/h2-4,6-7,10-11,15H,5,8-9,12H2,1H3,(H,22,28)/t15-/m0/s1. The van der Waals surface area contributed by atoms with E-state index in [-0.39, 0.29) is 23.3 Å². The Morgan fingerprint density at radius 2 is 2.10 bits per heavy atom. The SMILES string of the molecule is Cc1cn2nc(-c3nc([C@H]4CCCN(C(=O)c5ccccc5)C4)no3)cc2c(=O)[nH]1. The number of likely N-dealkylation sites (tertiary alicyclic amines) is 1. The number of aryl methyl sites for hydroxylation is 1. The quantitative estimate of drug-likeness (QED) is 0.562. The second-order valence-electron chi connectivity index (χ2n) is 7.54. The molecule has 9 heteroatoms. The van der Waals surface area contributed by atoms with Crippen LogP contribution in [0.1, 0.15) is 40.6 Å². The Balaban J connectivity index is 1.38. The first kappa shape index (κ1) is 18.3. The third-order valence-corrected chi connectivity index (χ3v) is 5.35. The van der Waals surface area contributed by atoms with E-state index < -0.39 is 0 Å². The molecule has 1 atom stereocenters. The van der Waals surface area contributed by atoms with E-state index in [1.807, 2.05) is 35.2 Å². The van der Waals surface area contributed by atoms with Gasteiger partial charge in [-0.25, -0.2) is 4.52 Å². The first-order valence-electron chi connectivity index (χ1n) is 9.86. The number of hydrogen-bond donors (Lipinski definition) is 1. The molecule has 152 valence electrons. The summed E-state index contributed by atoms with van der Waals surface area (Å²) in [7, 11) is 0. The summed E-state index contributed by atoms with van der Waals surface area (Å²) in [6, 6.07) is 10.9. The van der Waals surface area contributed by atoms with Crippen LogP contribution in [0.5, 0.6) is 0 Å². The van der Waals surface area contributed by atoms with E-state index in [0.717, 1.165) is 12.8 Å². The zero-order chi connectivity index (χ0) is 20.7. The summed E-state index contributed by atoms with van der Waals surface area (Å²) in [6.45, 7) is 3.04. The number of piperidine rings is 1. The Kier molecular flexibility index (Phi) is 4.42. The van der Waals surface area contributed by atoms with E-state index in [4.69, 9.17) is 4.52 Å². The maximum absolute atomic E-state index is 12.8.